The van der Waals surface area contributed by atoms with Gasteiger partial charge in [-0.1, -0.05) is 18.9 Å². The van der Waals surface area contributed by atoms with Crippen LogP contribution in [0.15, 0.2) is 18.2 Å². The van der Waals surface area contributed by atoms with Crippen molar-refractivity contribution in [1.82, 2.24) is 5.32 Å². The van der Waals surface area contributed by atoms with Crippen LogP contribution in [0.5, 0.6) is 0 Å². The van der Waals surface area contributed by atoms with Crippen molar-refractivity contribution in [2.24, 2.45) is 0 Å². The molecule has 4 nitrogen and oxygen atoms in total. The summed E-state index contributed by atoms with van der Waals surface area (Å²) in [5.41, 5.74) is 0.0111. The van der Waals surface area contributed by atoms with Gasteiger partial charge in [-0.2, -0.15) is 0 Å². The summed E-state index contributed by atoms with van der Waals surface area (Å²) in [5, 5.41) is 11.8. The van der Waals surface area contributed by atoms with Crippen LogP contribution in [-0.2, 0) is 4.79 Å². The van der Waals surface area contributed by atoms with Crippen molar-refractivity contribution >= 4 is 11.9 Å². The third kappa shape index (κ3) is 3.15. The molecule has 0 radical (unpaired) electrons. The molecular formula is C15H18FNO3. The molecule has 0 aliphatic heterocycles. The minimum absolute atomic E-state index is 0.0902. The second kappa shape index (κ2) is 5.61. The molecule has 0 bridgehead atoms. The van der Waals surface area contributed by atoms with Gasteiger partial charge in [0.15, 0.2) is 0 Å². The Morgan fingerprint density at radius 1 is 1.35 bits per heavy atom. The van der Waals surface area contributed by atoms with E-state index in [-0.39, 0.29) is 12.0 Å². The standard InChI is InChI=1S/C15H18FNO3/c1-10-4-5-11(8-12(10)16)14(20)17-15(9-13(18)19)6-2-3-7-15/h4-5,8H,2-3,6-7,9H2,1H3,(H,17,20)(H,18,19). The summed E-state index contributed by atoms with van der Waals surface area (Å²) in [6.45, 7) is 1.62. The van der Waals surface area contributed by atoms with Crippen LogP contribution in [0.4, 0.5) is 4.39 Å². The van der Waals surface area contributed by atoms with E-state index < -0.39 is 23.2 Å². The zero-order chi connectivity index (χ0) is 14.8. The Balaban J connectivity index is 2.16. The van der Waals surface area contributed by atoms with Crippen LogP contribution >= 0.6 is 0 Å². The van der Waals surface area contributed by atoms with Gasteiger partial charge in [0.2, 0.25) is 0 Å². The molecule has 1 aliphatic rings. The van der Waals surface area contributed by atoms with Gasteiger partial charge in [0, 0.05) is 5.56 Å². The minimum atomic E-state index is -0.928. The smallest absolute Gasteiger partial charge is 0.305 e. The molecule has 20 heavy (non-hydrogen) atoms. The number of hydrogen-bond acceptors (Lipinski definition) is 2. The zero-order valence-electron chi connectivity index (χ0n) is 11.4. The predicted octanol–water partition coefficient (Wildman–Crippen LogP) is 2.65. The summed E-state index contributed by atoms with van der Waals surface area (Å²) in [6.07, 6.45) is 3.01. The molecule has 1 amide bonds. The molecular weight excluding hydrogens is 261 g/mol. The van der Waals surface area contributed by atoms with Crippen LogP contribution in [0.3, 0.4) is 0 Å². The second-order valence-corrected chi connectivity index (χ2v) is 5.48. The maximum absolute atomic E-state index is 13.5. The molecule has 1 fully saturated rings. The molecule has 0 atom stereocenters. The third-order valence-electron chi connectivity index (χ3n) is 3.86. The predicted molar refractivity (Wildman–Crippen MR) is 72.1 cm³/mol. The largest absolute Gasteiger partial charge is 0.481 e. The molecule has 0 saturated heterocycles. The highest BCUT2D eigenvalue weighted by atomic mass is 19.1. The molecule has 5 heteroatoms. The number of carboxylic acid groups (broad SMARTS) is 1. The first-order valence-corrected chi connectivity index (χ1v) is 6.72. The first-order chi connectivity index (χ1) is 9.42. The quantitative estimate of drug-likeness (QED) is 0.890. The molecule has 2 rings (SSSR count). The number of rotatable bonds is 4. The van der Waals surface area contributed by atoms with Gasteiger partial charge < -0.3 is 10.4 Å². The number of carboxylic acids is 1. The van der Waals surface area contributed by atoms with E-state index in [4.69, 9.17) is 5.11 Å². The van der Waals surface area contributed by atoms with Crippen LogP contribution < -0.4 is 5.32 Å². The highest BCUT2D eigenvalue weighted by Gasteiger charge is 2.37. The number of nitrogens with one attached hydrogen (secondary N) is 1. The molecule has 0 heterocycles. The summed E-state index contributed by atoms with van der Waals surface area (Å²) in [7, 11) is 0. The van der Waals surface area contributed by atoms with E-state index in [1.54, 1.807) is 19.1 Å². The topological polar surface area (TPSA) is 66.4 Å². The molecule has 0 unspecified atom stereocenters. The molecule has 1 saturated carbocycles. The minimum Gasteiger partial charge on any atom is -0.481 e. The fourth-order valence-corrected chi connectivity index (χ4v) is 2.73. The van der Waals surface area contributed by atoms with Crippen LogP contribution in [0.1, 0.15) is 48.0 Å². The lowest BCUT2D eigenvalue weighted by Gasteiger charge is -2.28. The van der Waals surface area contributed by atoms with Gasteiger partial charge in [0.25, 0.3) is 5.91 Å². The van der Waals surface area contributed by atoms with Crippen molar-refractivity contribution in [3.8, 4) is 0 Å². The maximum atomic E-state index is 13.5. The van der Waals surface area contributed by atoms with Gasteiger partial charge in [0.1, 0.15) is 5.82 Å². The molecule has 2 N–H and O–H groups in total. The number of carbonyl (C=O) groups is 2. The molecule has 0 aromatic heterocycles. The zero-order valence-corrected chi connectivity index (χ0v) is 11.4. The third-order valence-corrected chi connectivity index (χ3v) is 3.86. The van der Waals surface area contributed by atoms with Crippen molar-refractivity contribution in [2.45, 2.75) is 44.6 Å². The molecule has 108 valence electrons. The molecule has 0 spiro atoms. The summed E-state index contributed by atoms with van der Waals surface area (Å²) in [5.74, 6) is -1.77. The van der Waals surface area contributed by atoms with E-state index in [2.05, 4.69) is 5.32 Å². The van der Waals surface area contributed by atoms with Crippen molar-refractivity contribution < 1.29 is 19.1 Å². The van der Waals surface area contributed by atoms with E-state index in [1.165, 1.54) is 6.07 Å². The van der Waals surface area contributed by atoms with E-state index in [0.29, 0.717) is 18.4 Å². The number of carbonyl (C=O) groups excluding carboxylic acids is 1. The van der Waals surface area contributed by atoms with E-state index in [1.807, 2.05) is 0 Å². The lowest BCUT2D eigenvalue weighted by molar-refractivity contribution is -0.138. The SMILES string of the molecule is Cc1ccc(C(=O)NC2(CC(=O)O)CCCC2)cc1F. The number of aliphatic carboxylic acids is 1. The van der Waals surface area contributed by atoms with Crippen molar-refractivity contribution in [1.29, 1.82) is 0 Å². The van der Waals surface area contributed by atoms with E-state index in [0.717, 1.165) is 12.8 Å². The van der Waals surface area contributed by atoms with Gasteiger partial charge >= 0.3 is 5.97 Å². The fourth-order valence-electron chi connectivity index (χ4n) is 2.73. The van der Waals surface area contributed by atoms with Crippen LogP contribution in [0.25, 0.3) is 0 Å². The number of hydrogen-bond donors (Lipinski definition) is 2. The van der Waals surface area contributed by atoms with Gasteiger partial charge in [-0.3, -0.25) is 9.59 Å². The fraction of sp³-hybridized carbons (Fsp3) is 0.467. The Morgan fingerprint density at radius 2 is 2.00 bits per heavy atom. The Morgan fingerprint density at radius 3 is 2.55 bits per heavy atom. The Hall–Kier alpha value is -1.91. The number of benzene rings is 1. The first-order valence-electron chi connectivity index (χ1n) is 6.72. The van der Waals surface area contributed by atoms with E-state index >= 15 is 0 Å². The summed E-state index contributed by atoms with van der Waals surface area (Å²) >= 11 is 0. The molecule has 1 aromatic rings. The monoisotopic (exact) mass is 279 g/mol. The lowest BCUT2D eigenvalue weighted by Crippen LogP contribution is -2.47. The van der Waals surface area contributed by atoms with Crippen molar-refractivity contribution in [3.05, 3.63) is 35.1 Å². The van der Waals surface area contributed by atoms with Crippen molar-refractivity contribution in [2.75, 3.05) is 0 Å². The molecule has 1 aliphatic carbocycles. The number of halogens is 1. The van der Waals surface area contributed by atoms with Crippen LogP contribution in [-0.4, -0.2) is 22.5 Å². The maximum Gasteiger partial charge on any atom is 0.305 e. The average Bonchev–Trinajstić information content (AvgIpc) is 2.79. The summed E-state index contributed by atoms with van der Waals surface area (Å²) < 4.78 is 13.5. The van der Waals surface area contributed by atoms with Crippen LogP contribution in [0, 0.1) is 12.7 Å². The highest BCUT2D eigenvalue weighted by molar-refractivity contribution is 5.95. The van der Waals surface area contributed by atoms with Gasteiger partial charge in [-0.15, -0.1) is 0 Å². The lowest BCUT2D eigenvalue weighted by atomic mass is 9.92. The van der Waals surface area contributed by atoms with Crippen LogP contribution in [0.2, 0.25) is 0 Å². The van der Waals surface area contributed by atoms with E-state index in [9.17, 15) is 14.0 Å². The van der Waals surface area contributed by atoms with Gasteiger partial charge in [-0.25, -0.2) is 4.39 Å². The Labute approximate surface area is 117 Å². The normalized spacial score (nSPS) is 16.9. The Kier molecular flexibility index (Phi) is 4.06. The van der Waals surface area contributed by atoms with Gasteiger partial charge in [0.05, 0.1) is 12.0 Å². The average molecular weight is 279 g/mol. The van der Waals surface area contributed by atoms with Gasteiger partial charge in [-0.05, 0) is 37.5 Å². The second-order valence-electron chi connectivity index (χ2n) is 5.48. The Bertz CT molecular complexity index is 536. The van der Waals surface area contributed by atoms with Crippen molar-refractivity contribution in [3.63, 3.8) is 0 Å². The first kappa shape index (κ1) is 14.5. The summed E-state index contributed by atoms with van der Waals surface area (Å²) in [4.78, 5) is 23.1. The molecule has 1 aromatic carbocycles. The number of aryl methyl sites for hydroxylation is 1. The highest BCUT2D eigenvalue weighted by Crippen LogP contribution is 2.33. The summed E-state index contributed by atoms with van der Waals surface area (Å²) in [6, 6.07) is 4.29. The number of amides is 1.